The maximum Gasteiger partial charge on any atom is 0.266 e. The molecule has 1 aromatic rings. The molecule has 0 atom stereocenters. The van der Waals surface area contributed by atoms with E-state index < -0.39 is 0 Å². The Morgan fingerprint density at radius 1 is 1.48 bits per heavy atom. The van der Waals surface area contributed by atoms with Crippen molar-refractivity contribution in [3.05, 3.63) is 27.6 Å². The van der Waals surface area contributed by atoms with Crippen LogP contribution in [0.15, 0.2) is 17.0 Å². The van der Waals surface area contributed by atoms with Gasteiger partial charge in [-0.2, -0.15) is 0 Å². The summed E-state index contributed by atoms with van der Waals surface area (Å²) in [5.41, 5.74) is 0.609. The third-order valence-corrected chi connectivity index (χ3v) is 4.79. The predicted octanol–water partition coefficient (Wildman–Crippen LogP) is 4.30. The lowest BCUT2D eigenvalue weighted by Crippen LogP contribution is -2.31. The Labute approximate surface area is 150 Å². The van der Waals surface area contributed by atoms with Crippen LogP contribution < -0.4 is 4.74 Å². The minimum atomic E-state index is -0.115. The molecule has 4 nitrogen and oxygen atoms in total. The Balaban J connectivity index is 2.33. The van der Waals surface area contributed by atoms with Gasteiger partial charge in [-0.1, -0.05) is 49.4 Å². The summed E-state index contributed by atoms with van der Waals surface area (Å²) in [6, 6.07) is 3.03. The van der Waals surface area contributed by atoms with Crippen molar-refractivity contribution >= 4 is 51.9 Å². The zero-order valence-electron chi connectivity index (χ0n) is 13.1. The van der Waals surface area contributed by atoms with Crippen LogP contribution in [0.25, 0.3) is 6.08 Å². The third-order valence-electron chi connectivity index (χ3n) is 3.09. The molecule has 1 aromatic carbocycles. The first-order valence-corrected chi connectivity index (χ1v) is 8.84. The minimum absolute atomic E-state index is 0.0265. The molecule has 1 amide bonds. The average molecular weight is 372 g/mol. The molecule has 1 aliphatic rings. The summed E-state index contributed by atoms with van der Waals surface area (Å²) >= 11 is 12.7. The number of amides is 1. The SMILES string of the molecule is CCOc1cc(C=C2SC(=S)N(CC(C)C)C2=O)c(Cl)cc1O. The van der Waals surface area contributed by atoms with Gasteiger partial charge in [0.2, 0.25) is 0 Å². The predicted molar refractivity (Wildman–Crippen MR) is 99.0 cm³/mol. The molecule has 1 saturated heterocycles. The highest BCUT2D eigenvalue weighted by molar-refractivity contribution is 8.26. The van der Waals surface area contributed by atoms with E-state index in [1.807, 2.05) is 20.8 Å². The van der Waals surface area contributed by atoms with Crippen molar-refractivity contribution < 1.29 is 14.6 Å². The lowest BCUT2D eigenvalue weighted by molar-refractivity contribution is -0.122. The number of rotatable bonds is 5. The van der Waals surface area contributed by atoms with Crippen molar-refractivity contribution in [3.8, 4) is 11.5 Å². The van der Waals surface area contributed by atoms with Gasteiger partial charge in [0.25, 0.3) is 5.91 Å². The van der Waals surface area contributed by atoms with E-state index in [0.717, 1.165) is 0 Å². The van der Waals surface area contributed by atoms with Crippen LogP contribution in [-0.2, 0) is 4.79 Å². The number of benzene rings is 1. The number of hydrogen-bond acceptors (Lipinski definition) is 5. The number of thiocarbonyl (C=S) groups is 1. The van der Waals surface area contributed by atoms with E-state index in [-0.39, 0.29) is 11.7 Å². The molecule has 0 aliphatic carbocycles. The van der Waals surface area contributed by atoms with Crippen molar-refractivity contribution in [1.82, 2.24) is 4.90 Å². The molecular weight excluding hydrogens is 354 g/mol. The molecule has 1 fully saturated rings. The van der Waals surface area contributed by atoms with E-state index in [4.69, 9.17) is 28.6 Å². The molecule has 2 rings (SSSR count). The van der Waals surface area contributed by atoms with Gasteiger partial charge in [0.05, 0.1) is 16.5 Å². The molecule has 1 aliphatic heterocycles. The first kappa shape index (κ1) is 18.1. The van der Waals surface area contributed by atoms with Gasteiger partial charge in [-0.15, -0.1) is 0 Å². The highest BCUT2D eigenvalue weighted by atomic mass is 35.5. The first-order chi connectivity index (χ1) is 10.8. The number of hydrogen-bond donors (Lipinski definition) is 1. The second-order valence-electron chi connectivity index (χ2n) is 5.46. The van der Waals surface area contributed by atoms with Crippen LogP contribution >= 0.6 is 35.6 Å². The number of phenols is 1. The Morgan fingerprint density at radius 2 is 2.17 bits per heavy atom. The zero-order valence-corrected chi connectivity index (χ0v) is 15.5. The number of ether oxygens (including phenoxy) is 1. The normalized spacial score (nSPS) is 16.7. The van der Waals surface area contributed by atoms with Crippen LogP contribution in [0.4, 0.5) is 0 Å². The number of nitrogens with zero attached hydrogens (tertiary/aromatic N) is 1. The minimum Gasteiger partial charge on any atom is -0.504 e. The van der Waals surface area contributed by atoms with Gasteiger partial charge in [0, 0.05) is 12.6 Å². The van der Waals surface area contributed by atoms with Gasteiger partial charge in [-0.3, -0.25) is 9.69 Å². The zero-order chi connectivity index (χ0) is 17.1. The summed E-state index contributed by atoms with van der Waals surface area (Å²) in [6.07, 6.45) is 1.68. The van der Waals surface area contributed by atoms with Gasteiger partial charge in [-0.05, 0) is 30.5 Å². The molecule has 23 heavy (non-hydrogen) atoms. The molecule has 0 saturated carbocycles. The molecule has 7 heteroatoms. The summed E-state index contributed by atoms with van der Waals surface area (Å²) in [6.45, 7) is 6.91. The molecular formula is C16H18ClNO3S2. The summed E-state index contributed by atoms with van der Waals surface area (Å²) in [4.78, 5) is 14.6. The van der Waals surface area contributed by atoms with Crippen LogP contribution in [-0.4, -0.2) is 33.4 Å². The molecule has 1 N–H and O–H groups in total. The van der Waals surface area contributed by atoms with E-state index >= 15 is 0 Å². The number of thioether (sulfide) groups is 1. The second-order valence-corrected chi connectivity index (χ2v) is 7.54. The van der Waals surface area contributed by atoms with Crippen LogP contribution in [0.2, 0.25) is 5.02 Å². The molecule has 1 heterocycles. The standard InChI is InChI=1S/C16H18ClNO3S2/c1-4-21-13-5-10(11(17)7-12(13)19)6-14-15(20)18(8-9(2)3)16(22)23-14/h5-7,9,19H,4,8H2,1-3H3. The van der Waals surface area contributed by atoms with Gasteiger partial charge >= 0.3 is 0 Å². The fourth-order valence-electron chi connectivity index (χ4n) is 2.10. The lowest BCUT2D eigenvalue weighted by Gasteiger charge is -2.16. The summed E-state index contributed by atoms with van der Waals surface area (Å²) in [5, 5.41) is 10.2. The average Bonchev–Trinajstić information content (AvgIpc) is 2.71. The van der Waals surface area contributed by atoms with Crippen molar-refractivity contribution in [2.45, 2.75) is 20.8 Å². The summed E-state index contributed by atoms with van der Waals surface area (Å²) in [7, 11) is 0. The van der Waals surface area contributed by atoms with Gasteiger partial charge in [0.15, 0.2) is 11.5 Å². The summed E-state index contributed by atoms with van der Waals surface area (Å²) < 4.78 is 5.90. The third kappa shape index (κ3) is 4.19. The quantitative estimate of drug-likeness (QED) is 0.617. The summed E-state index contributed by atoms with van der Waals surface area (Å²) in [5.74, 6) is 0.525. The van der Waals surface area contributed by atoms with Crippen LogP contribution in [0.3, 0.4) is 0 Å². The molecule has 0 unspecified atom stereocenters. The van der Waals surface area contributed by atoms with Crippen molar-refractivity contribution in [1.29, 1.82) is 0 Å². The highest BCUT2D eigenvalue weighted by Gasteiger charge is 2.32. The van der Waals surface area contributed by atoms with Crippen LogP contribution in [0, 0.1) is 5.92 Å². The van der Waals surface area contributed by atoms with Gasteiger partial charge in [-0.25, -0.2) is 0 Å². The van der Waals surface area contributed by atoms with Crippen molar-refractivity contribution in [3.63, 3.8) is 0 Å². The maximum atomic E-state index is 12.5. The topological polar surface area (TPSA) is 49.8 Å². The van der Waals surface area contributed by atoms with Crippen LogP contribution in [0.5, 0.6) is 11.5 Å². The largest absolute Gasteiger partial charge is 0.504 e. The highest BCUT2D eigenvalue weighted by Crippen LogP contribution is 2.37. The van der Waals surface area contributed by atoms with E-state index in [0.29, 0.717) is 44.6 Å². The monoisotopic (exact) mass is 371 g/mol. The van der Waals surface area contributed by atoms with Gasteiger partial charge in [0.1, 0.15) is 4.32 Å². The van der Waals surface area contributed by atoms with Crippen LogP contribution in [0.1, 0.15) is 26.3 Å². The molecule has 124 valence electrons. The number of carbonyl (C=O) groups excluding carboxylic acids is 1. The smallest absolute Gasteiger partial charge is 0.266 e. The first-order valence-electron chi connectivity index (χ1n) is 7.24. The Bertz CT molecular complexity index is 674. The second kappa shape index (κ2) is 7.55. The van der Waals surface area contributed by atoms with Crippen molar-refractivity contribution in [2.75, 3.05) is 13.2 Å². The fourth-order valence-corrected chi connectivity index (χ4v) is 3.58. The molecule has 0 bridgehead atoms. The number of halogens is 1. The lowest BCUT2D eigenvalue weighted by atomic mass is 10.1. The number of carbonyl (C=O) groups is 1. The van der Waals surface area contributed by atoms with E-state index in [1.54, 1.807) is 17.0 Å². The van der Waals surface area contributed by atoms with Gasteiger partial charge < -0.3 is 9.84 Å². The number of aromatic hydroxyl groups is 1. The van der Waals surface area contributed by atoms with E-state index in [2.05, 4.69) is 0 Å². The van der Waals surface area contributed by atoms with E-state index in [1.165, 1.54) is 17.8 Å². The van der Waals surface area contributed by atoms with Crippen molar-refractivity contribution in [2.24, 2.45) is 5.92 Å². The number of phenolic OH excluding ortho intramolecular Hbond substituents is 1. The molecule has 0 spiro atoms. The Kier molecular flexibility index (Phi) is 5.95. The maximum absolute atomic E-state index is 12.5. The molecule has 0 radical (unpaired) electrons. The molecule has 0 aromatic heterocycles. The Hall–Kier alpha value is -1.24. The fraction of sp³-hybridized carbons (Fsp3) is 0.375. The van der Waals surface area contributed by atoms with E-state index in [9.17, 15) is 9.90 Å². The Morgan fingerprint density at radius 3 is 2.78 bits per heavy atom.